The maximum Gasteiger partial charge on any atom is 0.310 e. The molecule has 1 aromatic carbocycles. The van der Waals surface area contributed by atoms with E-state index in [0.29, 0.717) is 6.42 Å². The Hall–Kier alpha value is -1.83. The van der Waals surface area contributed by atoms with Gasteiger partial charge in [0.05, 0.1) is 6.42 Å². The topological polar surface area (TPSA) is 26.3 Å². The monoisotopic (exact) mass is 272 g/mol. The molecule has 0 spiro atoms. The molecule has 2 nitrogen and oxygen atoms in total. The van der Waals surface area contributed by atoms with Gasteiger partial charge in [0, 0.05) is 6.42 Å². The van der Waals surface area contributed by atoms with Crippen LogP contribution in [0.25, 0.3) is 0 Å². The lowest BCUT2D eigenvalue weighted by atomic mass is 10.1. The van der Waals surface area contributed by atoms with Crippen molar-refractivity contribution in [2.24, 2.45) is 0 Å². The number of allylic oxidation sites excluding steroid dienone is 2. The smallest absolute Gasteiger partial charge is 0.310 e. The normalized spacial score (nSPS) is 12.3. The molecule has 20 heavy (non-hydrogen) atoms. The van der Waals surface area contributed by atoms with Crippen LogP contribution in [-0.4, -0.2) is 12.1 Å². The van der Waals surface area contributed by atoms with Gasteiger partial charge in [0.2, 0.25) is 0 Å². The first kappa shape index (κ1) is 16.2. The van der Waals surface area contributed by atoms with Gasteiger partial charge in [-0.3, -0.25) is 4.79 Å². The highest BCUT2D eigenvalue weighted by Gasteiger charge is 2.08. The molecule has 0 saturated heterocycles. The molecule has 0 radical (unpaired) electrons. The van der Waals surface area contributed by atoms with Crippen LogP contribution in [0.5, 0.6) is 0 Å². The minimum Gasteiger partial charge on any atom is -0.462 e. The third kappa shape index (κ3) is 7.57. The molecule has 0 aliphatic rings. The van der Waals surface area contributed by atoms with Crippen molar-refractivity contribution in [3.8, 4) is 0 Å². The van der Waals surface area contributed by atoms with Crippen LogP contribution in [0.1, 0.15) is 38.7 Å². The van der Waals surface area contributed by atoms with E-state index in [2.05, 4.69) is 18.7 Å². The first-order valence-electron chi connectivity index (χ1n) is 7.10. The molecule has 0 aromatic heterocycles. The maximum atomic E-state index is 11.7. The third-order valence-corrected chi connectivity index (χ3v) is 2.90. The molecular formula is C18H24O2. The minimum atomic E-state index is -0.168. The Kier molecular flexibility index (Phi) is 7.41. The van der Waals surface area contributed by atoms with Crippen LogP contribution >= 0.6 is 0 Å². The first-order chi connectivity index (χ1) is 9.58. The van der Waals surface area contributed by atoms with Crippen LogP contribution in [0.2, 0.25) is 0 Å². The van der Waals surface area contributed by atoms with E-state index < -0.39 is 0 Å². The molecule has 108 valence electrons. The van der Waals surface area contributed by atoms with Gasteiger partial charge in [0.1, 0.15) is 6.10 Å². The Balaban J connectivity index is 2.23. The van der Waals surface area contributed by atoms with Gasteiger partial charge in [-0.05, 0) is 32.3 Å². The van der Waals surface area contributed by atoms with Gasteiger partial charge in [0.25, 0.3) is 0 Å². The maximum absolute atomic E-state index is 11.7. The summed E-state index contributed by atoms with van der Waals surface area (Å²) in [6, 6.07) is 9.66. The summed E-state index contributed by atoms with van der Waals surface area (Å²) in [5.74, 6) is -0.168. The molecule has 0 saturated carbocycles. The predicted molar refractivity (Wildman–Crippen MR) is 83.5 cm³/mol. The quantitative estimate of drug-likeness (QED) is 0.516. The Morgan fingerprint density at radius 1 is 1.30 bits per heavy atom. The number of carbonyl (C=O) groups excluding carboxylic acids is 1. The van der Waals surface area contributed by atoms with Crippen LogP contribution < -0.4 is 0 Å². The second-order valence-corrected chi connectivity index (χ2v) is 5.17. The fourth-order valence-corrected chi connectivity index (χ4v) is 1.81. The highest BCUT2D eigenvalue weighted by atomic mass is 16.5. The zero-order valence-electron chi connectivity index (χ0n) is 12.5. The van der Waals surface area contributed by atoms with Crippen molar-refractivity contribution >= 4 is 5.97 Å². The van der Waals surface area contributed by atoms with Crippen LogP contribution in [0.3, 0.4) is 0 Å². The Bertz CT molecular complexity index is 446. The Morgan fingerprint density at radius 3 is 2.65 bits per heavy atom. The van der Waals surface area contributed by atoms with Crippen molar-refractivity contribution in [1.82, 2.24) is 0 Å². The molecule has 1 atom stereocenters. The van der Waals surface area contributed by atoms with Gasteiger partial charge < -0.3 is 4.74 Å². The van der Waals surface area contributed by atoms with E-state index in [0.717, 1.165) is 24.8 Å². The van der Waals surface area contributed by atoms with Crippen molar-refractivity contribution in [3.63, 3.8) is 0 Å². The first-order valence-corrected chi connectivity index (χ1v) is 7.10. The highest BCUT2D eigenvalue weighted by molar-refractivity contribution is 5.72. The summed E-state index contributed by atoms with van der Waals surface area (Å²) in [6.45, 7) is 7.82. The largest absolute Gasteiger partial charge is 0.462 e. The lowest BCUT2D eigenvalue weighted by Gasteiger charge is -2.11. The van der Waals surface area contributed by atoms with E-state index in [9.17, 15) is 4.79 Å². The molecule has 0 amide bonds. The zero-order valence-corrected chi connectivity index (χ0v) is 12.5. The van der Waals surface area contributed by atoms with E-state index in [1.807, 2.05) is 44.2 Å². The molecule has 0 bridgehead atoms. The van der Waals surface area contributed by atoms with Gasteiger partial charge in [-0.1, -0.05) is 48.1 Å². The molecule has 1 rings (SSSR count). The van der Waals surface area contributed by atoms with Crippen molar-refractivity contribution in [1.29, 1.82) is 0 Å². The van der Waals surface area contributed by atoms with Gasteiger partial charge in [-0.2, -0.15) is 0 Å². The highest BCUT2D eigenvalue weighted by Crippen LogP contribution is 2.06. The summed E-state index contributed by atoms with van der Waals surface area (Å²) in [7, 11) is 0. The summed E-state index contributed by atoms with van der Waals surface area (Å²) >= 11 is 0. The lowest BCUT2D eigenvalue weighted by molar-refractivity contribution is -0.147. The number of hydrogen-bond donors (Lipinski definition) is 0. The molecule has 0 fully saturated rings. The molecule has 0 heterocycles. The average molecular weight is 272 g/mol. The van der Waals surface area contributed by atoms with Gasteiger partial charge in [0.15, 0.2) is 0 Å². The summed E-state index contributed by atoms with van der Waals surface area (Å²) in [5, 5.41) is 0. The van der Waals surface area contributed by atoms with Crippen molar-refractivity contribution < 1.29 is 9.53 Å². The van der Waals surface area contributed by atoms with E-state index in [4.69, 9.17) is 4.74 Å². The third-order valence-electron chi connectivity index (χ3n) is 2.90. The summed E-state index contributed by atoms with van der Waals surface area (Å²) in [5.41, 5.74) is 2.18. The minimum absolute atomic E-state index is 0.0766. The second kappa shape index (κ2) is 9.13. The van der Waals surface area contributed by atoms with E-state index in [1.165, 1.54) is 5.57 Å². The van der Waals surface area contributed by atoms with Gasteiger partial charge in [-0.25, -0.2) is 0 Å². The second-order valence-electron chi connectivity index (χ2n) is 5.17. The Morgan fingerprint density at radius 2 is 2.00 bits per heavy atom. The number of ether oxygens (including phenoxy) is 1. The average Bonchev–Trinajstić information content (AvgIpc) is 2.38. The van der Waals surface area contributed by atoms with Crippen molar-refractivity contribution in [2.75, 3.05) is 0 Å². The number of carbonyl (C=O) groups is 1. The molecule has 1 aromatic rings. The summed E-state index contributed by atoms with van der Waals surface area (Å²) in [4.78, 5) is 11.7. The number of benzene rings is 1. The number of esters is 1. The fourth-order valence-electron chi connectivity index (χ4n) is 1.81. The SMILES string of the molecule is C=C(C)CC/C=C/CC(C)OC(=O)Cc1ccccc1. The summed E-state index contributed by atoms with van der Waals surface area (Å²) < 4.78 is 5.37. The van der Waals surface area contributed by atoms with Crippen molar-refractivity contribution in [3.05, 3.63) is 60.2 Å². The summed E-state index contributed by atoms with van der Waals surface area (Å²) in [6.07, 6.45) is 7.23. The van der Waals surface area contributed by atoms with Crippen LogP contribution in [0, 0.1) is 0 Å². The molecule has 0 aliphatic heterocycles. The van der Waals surface area contributed by atoms with Crippen LogP contribution in [-0.2, 0) is 16.0 Å². The molecule has 0 N–H and O–H groups in total. The number of rotatable bonds is 8. The Labute approximate surface area is 122 Å². The van der Waals surface area contributed by atoms with E-state index >= 15 is 0 Å². The van der Waals surface area contributed by atoms with E-state index in [1.54, 1.807) is 0 Å². The lowest BCUT2D eigenvalue weighted by Crippen LogP contribution is -2.16. The van der Waals surface area contributed by atoms with Crippen LogP contribution in [0.4, 0.5) is 0 Å². The van der Waals surface area contributed by atoms with Gasteiger partial charge >= 0.3 is 5.97 Å². The zero-order chi connectivity index (χ0) is 14.8. The number of hydrogen-bond acceptors (Lipinski definition) is 2. The standard InChI is InChI=1S/C18H24O2/c1-15(2)10-6-4-7-11-16(3)20-18(19)14-17-12-8-5-9-13-17/h4-5,7-9,12-13,16H,1,6,10-11,14H2,2-3H3/b7-4+. The van der Waals surface area contributed by atoms with Crippen LogP contribution in [0.15, 0.2) is 54.6 Å². The van der Waals surface area contributed by atoms with E-state index in [-0.39, 0.29) is 12.1 Å². The molecular weight excluding hydrogens is 248 g/mol. The van der Waals surface area contributed by atoms with Gasteiger partial charge in [-0.15, -0.1) is 6.58 Å². The molecule has 1 unspecified atom stereocenters. The molecule has 0 aliphatic carbocycles. The predicted octanol–water partition coefficient (Wildman–Crippen LogP) is 4.46. The fraction of sp³-hybridized carbons (Fsp3) is 0.389. The molecule has 2 heteroatoms. The van der Waals surface area contributed by atoms with Crippen molar-refractivity contribution in [2.45, 2.75) is 45.6 Å².